The van der Waals surface area contributed by atoms with Crippen LogP contribution < -0.4 is 21.1 Å². The van der Waals surface area contributed by atoms with Gasteiger partial charge < -0.3 is 15.5 Å². The summed E-state index contributed by atoms with van der Waals surface area (Å²) in [4.78, 5) is 39.2. The first-order valence-corrected chi connectivity index (χ1v) is 14.5. The van der Waals surface area contributed by atoms with Crippen LogP contribution in [-0.4, -0.2) is 55.7 Å². The van der Waals surface area contributed by atoms with Gasteiger partial charge in [0.05, 0.1) is 16.3 Å². The summed E-state index contributed by atoms with van der Waals surface area (Å²) in [6, 6.07) is 7.65. The molecule has 0 atom stereocenters. The number of aromatic nitrogens is 6. The molecule has 10 nitrogen and oxygen atoms in total. The highest BCUT2D eigenvalue weighted by molar-refractivity contribution is 7.12. The molecule has 5 aromatic rings. The van der Waals surface area contributed by atoms with E-state index >= 15 is 0 Å². The number of halogens is 1. The Morgan fingerprint density at radius 2 is 1.90 bits per heavy atom. The standard InChI is InChI=1S/C28H26ClN9OS/c1-16-21(15-32-24(34-16)17-2-3-17)20-12-18-14-33-27(36-25(18)38(26(20)39)28-31-8-11-40-28)35-19-4-5-23(22(29)13-19)37-9-6-30-7-10-37/h4-5,8,11-15,17,30H,2-3,6-7,9-10H2,1H3,(H,33,35,36). The Bertz CT molecular complexity index is 1780. The number of fused-ring (bicyclic) bond motifs is 1. The normalized spacial score (nSPS) is 15.5. The Kier molecular flexibility index (Phi) is 6.41. The minimum Gasteiger partial charge on any atom is -0.368 e. The van der Waals surface area contributed by atoms with Crippen molar-refractivity contribution >= 4 is 51.3 Å². The van der Waals surface area contributed by atoms with E-state index in [9.17, 15) is 4.79 Å². The highest BCUT2D eigenvalue weighted by Gasteiger charge is 2.27. The Morgan fingerprint density at radius 1 is 1.05 bits per heavy atom. The predicted octanol–water partition coefficient (Wildman–Crippen LogP) is 4.69. The molecule has 2 fully saturated rings. The molecular weight excluding hydrogens is 546 g/mol. The lowest BCUT2D eigenvalue weighted by Crippen LogP contribution is -2.43. The zero-order chi connectivity index (χ0) is 27.2. The van der Waals surface area contributed by atoms with Crippen molar-refractivity contribution in [2.45, 2.75) is 25.7 Å². The van der Waals surface area contributed by atoms with Crippen LogP contribution in [0, 0.1) is 6.92 Å². The zero-order valence-electron chi connectivity index (χ0n) is 21.8. The Morgan fingerprint density at radius 3 is 2.62 bits per heavy atom. The van der Waals surface area contributed by atoms with E-state index in [-0.39, 0.29) is 5.56 Å². The van der Waals surface area contributed by atoms with Crippen LogP contribution in [0.3, 0.4) is 0 Å². The molecule has 1 aliphatic heterocycles. The minimum atomic E-state index is -0.235. The summed E-state index contributed by atoms with van der Waals surface area (Å²) in [5.41, 5.74) is 3.94. The van der Waals surface area contributed by atoms with E-state index in [1.54, 1.807) is 18.6 Å². The number of nitrogens with zero attached hydrogens (tertiary/aromatic N) is 7. The molecule has 0 radical (unpaired) electrons. The highest BCUT2D eigenvalue weighted by Crippen LogP contribution is 2.38. The summed E-state index contributed by atoms with van der Waals surface area (Å²) in [5.74, 6) is 1.63. The lowest BCUT2D eigenvalue weighted by atomic mass is 10.1. The summed E-state index contributed by atoms with van der Waals surface area (Å²) < 4.78 is 1.54. The van der Waals surface area contributed by atoms with Gasteiger partial charge >= 0.3 is 0 Å². The Labute approximate surface area is 239 Å². The third-order valence-electron chi connectivity index (χ3n) is 7.24. The molecule has 0 spiro atoms. The first-order valence-electron chi connectivity index (χ1n) is 13.2. The molecule has 2 N–H and O–H groups in total. The van der Waals surface area contributed by atoms with E-state index in [1.807, 2.05) is 36.6 Å². The van der Waals surface area contributed by atoms with Gasteiger partial charge in [-0.05, 0) is 44.0 Å². The van der Waals surface area contributed by atoms with Crippen LogP contribution in [0.5, 0.6) is 0 Å². The van der Waals surface area contributed by atoms with Crippen molar-refractivity contribution in [3.8, 4) is 16.3 Å². The maximum atomic E-state index is 13.9. The van der Waals surface area contributed by atoms with E-state index < -0.39 is 0 Å². The van der Waals surface area contributed by atoms with Crippen LogP contribution in [0.4, 0.5) is 17.3 Å². The lowest BCUT2D eigenvalue weighted by Gasteiger charge is -2.30. The second-order valence-electron chi connectivity index (χ2n) is 10.0. The monoisotopic (exact) mass is 571 g/mol. The van der Waals surface area contributed by atoms with Crippen molar-refractivity contribution in [1.82, 2.24) is 34.8 Å². The molecule has 2 aliphatic rings. The summed E-state index contributed by atoms with van der Waals surface area (Å²) >= 11 is 8.02. The van der Waals surface area contributed by atoms with Crippen molar-refractivity contribution < 1.29 is 0 Å². The molecule has 202 valence electrons. The number of aryl methyl sites for hydroxylation is 1. The maximum absolute atomic E-state index is 13.9. The molecule has 7 rings (SSSR count). The van der Waals surface area contributed by atoms with Crippen molar-refractivity contribution in [3.05, 3.63) is 75.1 Å². The third-order valence-corrected chi connectivity index (χ3v) is 8.30. The smallest absolute Gasteiger partial charge is 0.266 e. The van der Waals surface area contributed by atoms with Crippen LogP contribution in [0.15, 0.2) is 53.0 Å². The molecule has 1 aromatic carbocycles. The summed E-state index contributed by atoms with van der Waals surface area (Å²) in [7, 11) is 0. The predicted molar refractivity (Wildman–Crippen MR) is 158 cm³/mol. The molecule has 0 amide bonds. The lowest BCUT2D eigenvalue weighted by molar-refractivity contribution is 0.589. The van der Waals surface area contributed by atoms with Gasteiger partial charge in [-0.25, -0.2) is 24.5 Å². The molecule has 12 heteroatoms. The molecule has 1 saturated heterocycles. The Hall–Kier alpha value is -3.93. The number of benzene rings is 1. The zero-order valence-corrected chi connectivity index (χ0v) is 23.3. The Balaban J connectivity index is 1.28. The molecule has 0 bridgehead atoms. The number of piperazine rings is 1. The van der Waals surface area contributed by atoms with Crippen molar-refractivity contribution in [1.29, 1.82) is 0 Å². The molecule has 1 saturated carbocycles. The second-order valence-corrected chi connectivity index (χ2v) is 11.3. The number of hydrogen-bond donors (Lipinski definition) is 2. The van der Waals surface area contributed by atoms with E-state index in [0.717, 1.165) is 61.9 Å². The van der Waals surface area contributed by atoms with Gasteiger partial charge in [0.25, 0.3) is 5.56 Å². The average Bonchev–Trinajstić information content (AvgIpc) is 3.68. The molecule has 4 aromatic heterocycles. The van der Waals surface area contributed by atoms with Gasteiger partial charge in [-0.15, -0.1) is 11.3 Å². The van der Waals surface area contributed by atoms with Gasteiger partial charge in [-0.1, -0.05) is 11.6 Å². The number of nitrogens with one attached hydrogen (secondary N) is 2. The second kappa shape index (κ2) is 10.2. The van der Waals surface area contributed by atoms with Crippen molar-refractivity contribution in [2.24, 2.45) is 0 Å². The summed E-state index contributed by atoms with van der Waals surface area (Å²) in [6.45, 7) is 5.60. The molecule has 5 heterocycles. The molecular formula is C28H26ClN9OS. The summed E-state index contributed by atoms with van der Waals surface area (Å²) in [5, 5.41) is 10.3. The van der Waals surface area contributed by atoms with Crippen molar-refractivity contribution in [2.75, 3.05) is 36.4 Å². The molecule has 40 heavy (non-hydrogen) atoms. The number of hydrogen-bond acceptors (Lipinski definition) is 10. The van der Waals surface area contributed by atoms with Gasteiger partial charge in [-0.2, -0.15) is 4.98 Å². The average molecular weight is 572 g/mol. The van der Waals surface area contributed by atoms with Crippen LogP contribution in [0.1, 0.15) is 30.3 Å². The van der Waals surface area contributed by atoms with Crippen LogP contribution in [0.25, 0.3) is 27.3 Å². The van der Waals surface area contributed by atoms with Crippen LogP contribution in [-0.2, 0) is 0 Å². The maximum Gasteiger partial charge on any atom is 0.266 e. The number of rotatable bonds is 6. The van der Waals surface area contributed by atoms with Crippen molar-refractivity contribution in [3.63, 3.8) is 0 Å². The van der Waals surface area contributed by atoms with Gasteiger partial charge in [0.1, 0.15) is 5.82 Å². The van der Waals surface area contributed by atoms with Gasteiger partial charge in [0, 0.05) is 78.4 Å². The van der Waals surface area contributed by atoms with E-state index in [1.165, 1.54) is 15.9 Å². The first kappa shape index (κ1) is 25.1. The molecule has 1 aliphatic carbocycles. The fourth-order valence-electron chi connectivity index (χ4n) is 5.02. The van der Waals surface area contributed by atoms with E-state index in [0.29, 0.717) is 44.2 Å². The highest BCUT2D eigenvalue weighted by atomic mass is 35.5. The fraction of sp³-hybridized carbons (Fsp3) is 0.286. The number of thiazole rings is 1. The van der Waals surface area contributed by atoms with Gasteiger partial charge in [0.2, 0.25) is 5.95 Å². The quantitative estimate of drug-likeness (QED) is 0.300. The van der Waals surface area contributed by atoms with Crippen LogP contribution in [0.2, 0.25) is 5.02 Å². The third kappa shape index (κ3) is 4.70. The topological polar surface area (TPSA) is 114 Å². The minimum absolute atomic E-state index is 0.235. The van der Waals surface area contributed by atoms with E-state index in [4.69, 9.17) is 21.6 Å². The fourth-order valence-corrected chi connectivity index (χ4v) is 5.96. The summed E-state index contributed by atoms with van der Waals surface area (Å²) in [6.07, 6.45) is 7.38. The van der Waals surface area contributed by atoms with Gasteiger partial charge in [-0.3, -0.25) is 4.79 Å². The van der Waals surface area contributed by atoms with E-state index in [2.05, 4.69) is 30.5 Å². The SMILES string of the molecule is Cc1nc(C2CC2)ncc1-c1cc2cnc(Nc3ccc(N4CCNCC4)c(Cl)c3)nc2n(-c2nccs2)c1=O. The van der Waals surface area contributed by atoms with Gasteiger partial charge in [0.15, 0.2) is 10.8 Å². The number of pyridine rings is 1. The van der Waals surface area contributed by atoms with Crippen LogP contribution >= 0.6 is 22.9 Å². The largest absolute Gasteiger partial charge is 0.368 e. The first-order chi connectivity index (χ1) is 19.5. The number of anilines is 3. The molecule has 0 unspecified atom stereocenters.